The summed E-state index contributed by atoms with van der Waals surface area (Å²) in [6.45, 7) is 2.30. The van der Waals surface area contributed by atoms with E-state index in [1.807, 2.05) is 0 Å². The van der Waals surface area contributed by atoms with Crippen molar-refractivity contribution in [3.8, 4) is 0 Å². The molecule has 0 amide bonds. The fourth-order valence-electron chi connectivity index (χ4n) is 3.69. The van der Waals surface area contributed by atoms with Gasteiger partial charge in [0.05, 0.1) is 0 Å². The van der Waals surface area contributed by atoms with Crippen molar-refractivity contribution in [1.82, 2.24) is 5.32 Å². The van der Waals surface area contributed by atoms with Gasteiger partial charge in [0.15, 0.2) is 0 Å². The lowest BCUT2D eigenvalue weighted by Crippen LogP contribution is -2.50. The molecule has 3 fully saturated rings. The molecule has 0 radical (unpaired) electrons. The third-order valence-corrected chi connectivity index (χ3v) is 5.16. The van der Waals surface area contributed by atoms with Gasteiger partial charge in [0, 0.05) is 12.1 Å². The Balaban J connectivity index is 1.41. The predicted octanol–water partition coefficient (Wildman–Crippen LogP) is 2.67. The Labute approximate surface area is 106 Å². The molecule has 0 bridgehead atoms. The van der Waals surface area contributed by atoms with Crippen molar-refractivity contribution in [2.24, 2.45) is 23.5 Å². The van der Waals surface area contributed by atoms with Gasteiger partial charge < -0.3 is 11.1 Å². The maximum atomic E-state index is 6.47. The van der Waals surface area contributed by atoms with E-state index in [4.69, 9.17) is 5.73 Å². The second-order valence-electron chi connectivity index (χ2n) is 6.89. The fourth-order valence-corrected chi connectivity index (χ4v) is 3.69. The maximum absolute atomic E-state index is 6.47. The summed E-state index contributed by atoms with van der Waals surface area (Å²) in [5.41, 5.74) is 6.59. The van der Waals surface area contributed by atoms with E-state index in [1.165, 1.54) is 64.3 Å². The van der Waals surface area contributed by atoms with E-state index in [-0.39, 0.29) is 5.54 Å². The minimum absolute atomic E-state index is 0.121. The molecule has 3 N–H and O–H groups in total. The van der Waals surface area contributed by atoms with Crippen molar-refractivity contribution in [3.63, 3.8) is 0 Å². The van der Waals surface area contributed by atoms with Gasteiger partial charge in [-0.1, -0.05) is 19.3 Å². The summed E-state index contributed by atoms with van der Waals surface area (Å²) in [5, 5.41) is 3.71. The summed E-state index contributed by atoms with van der Waals surface area (Å²) < 4.78 is 0. The van der Waals surface area contributed by atoms with Crippen molar-refractivity contribution in [1.29, 1.82) is 0 Å². The zero-order valence-electron chi connectivity index (χ0n) is 11.1. The molecule has 3 aliphatic rings. The smallest absolute Gasteiger partial charge is 0.0280 e. The van der Waals surface area contributed by atoms with Crippen LogP contribution in [0.1, 0.15) is 57.8 Å². The fraction of sp³-hybridized carbons (Fsp3) is 1.00. The molecule has 0 heterocycles. The Morgan fingerprint density at radius 3 is 2.12 bits per heavy atom. The Morgan fingerprint density at radius 2 is 1.59 bits per heavy atom. The van der Waals surface area contributed by atoms with Crippen LogP contribution in [0.25, 0.3) is 0 Å². The Hall–Kier alpha value is -0.0800. The highest BCUT2D eigenvalue weighted by Crippen LogP contribution is 2.48. The molecular weight excluding hydrogens is 208 g/mol. The van der Waals surface area contributed by atoms with Crippen molar-refractivity contribution in [3.05, 3.63) is 0 Å². The number of nitrogens with two attached hydrogens (primary N) is 1. The standard InChI is InChI=1S/C15H28N2/c16-15(8-2-1-3-9-15)11-17-10-14(12-4-5-12)13-6-7-13/h12-14,17H,1-11,16H2. The van der Waals surface area contributed by atoms with Crippen LogP contribution >= 0.6 is 0 Å². The zero-order chi connectivity index (χ0) is 11.7. The number of rotatable bonds is 6. The minimum atomic E-state index is 0.121. The quantitative estimate of drug-likeness (QED) is 0.744. The van der Waals surface area contributed by atoms with Crippen LogP contribution in [0.5, 0.6) is 0 Å². The monoisotopic (exact) mass is 236 g/mol. The van der Waals surface area contributed by atoms with Gasteiger partial charge in [0.2, 0.25) is 0 Å². The maximum Gasteiger partial charge on any atom is 0.0280 e. The SMILES string of the molecule is NC1(CNCC(C2CC2)C2CC2)CCCCC1. The Bertz CT molecular complexity index is 238. The first-order chi connectivity index (χ1) is 8.27. The largest absolute Gasteiger partial charge is 0.324 e. The minimum Gasteiger partial charge on any atom is -0.324 e. The number of hydrogen-bond acceptors (Lipinski definition) is 2. The van der Waals surface area contributed by atoms with Crippen LogP contribution in [0.2, 0.25) is 0 Å². The van der Waals surface area contributed by atoms with Crippen LogP contribution in [-0.4, -0.2) is 18.6 Å². The van der Waals surface area contributed by atoms with Gasteiger partial charge in [-0.15, -0.1) is 0 Å². The third kappa shape index (κ3) is 3.23. The third-order valence-electron chi connectivity index (χ3n) is 5.16. The summed E-state index contributed by atoms with van der Waals surface area (Å²) in [5.74, 6) is 3.12. The van der Waals surface area contributed by atoms with Crippen LogP contribution in [-0.2, 0) is 0 Å². The van der Waals surface area contributed by atoms with Crippen LogP contribution in [0, 0.1) is 17.8 Å². The van der Waals surface area contributed by atoms with Crippen LogP contribution in [0.15, 0.2) is 0 Å². The summed E-state index contributed by atoms with van der Waals surface area (Å²) in [6, 6.07) is 0. The second kappa shape index (κ2) is 4.89. The van der Waals surface area contributed by atoms with E-state index in [1.54, 1.807) is 0 Å². The van der Waals surface area contributed by atoms with Crippen LogP contribution in [0.4, 0.5) is 0 Å². The highest BCUT2D eigenvalue weighted by Gasteiger charge is 2.41. The molecule has 0 unspecified atom stereocenters. The van der Waals surface area contributed by atoms with Gasteiger partial charge in [-0.25, -0.2) is 0 Å². The average Bonchev–Trinajstić information content (AvgIpc) is 3.16. The molecule has 17 heavy (non-hydrogen) atoms. The molecule has 3 rings (SSSR count). The Morgan fingerprint density at radius 1 is 1.00 bits per heavy atom. The predicted molar refractivity (Wildman–Crippen MR) is 71.8 cm³/mol. The lowest BCUT2D eigenvalue weighted by atomic mass is 9.82. The van der Waals surface area contributed by atoms with E-state index in [9.17, 15) is 0 Å². The van der Waals surface area contributed by atoms with Crippen LogP contribution in [0.3, 0.4) is 0 Å². The summed E-state index contributed by atoms with van der Waals surface area (Å²) in [6.07, 6.45) is 12.5. The molecular formula is C15H28N2. The van der Waals surface area contributed by atoms with E-state index in [0.29, 0.717) is 0 Å². The first-order valence-corrected chi connectivity index (χ1v) is 7.76. The lowest BCUT2D eigenvalue weighted by molar-refractivity contribution is 0.270. The first-order valence-electron chi connectivity index (χ1n) is 7.76. The molecule has 0 aromatic rings. The van der Waals surface area contributed by atoms with Crippen molar-refractivity contribution < 1.29 is 0 Å². The lowest BCUT2D eigenvalue weighted by Gasteiger charge is -2.34. The summed E-state index contributed by atoms with van der Waals surface area (Å²) >= 11 is 0. The molecule has 0 atom stereocenters. The number of hydrogen-bond donors (Lipinski definition) is 2. The molecule has 2 nitrogen and oxygen atoms in total. The van der Waals surface area contributed by atoms with Crippen molar-refractivity contribution in [2.75, 3.05) is 13.1 Å². The van der Waals surface area contributed by atoms with E-state index in [2.05, 4.69) is 5.32 Å². The molecule has 0 aromatic carbocycles. The van der Waals surface area contributed by atoms with Crippen LogP contribution < -0.4 is 11.1 Å². The average molecular weight is 236 g/mol. The Kier molecular flexibility index (Phi) is 3.45. The molecule has 0 saturated heterocycles. The normalized spacial score (nSPS) is 28.6. The molecule has 3 saturated carbocycles. The van der Waals surface area contributed by atoms with Gasteiger partial charge in [0.25, 0.3) is 0 Å². The van der Waals surface area contributed by atoms with E-state index in [0.717, 1.165) is 24.3 Å². The van der Waals surface area contributed by atoms with Gasteiger partial charge in [-0.3, -0.25) is 0 Å². The molecule has 0 aromatic heterocycles. The zero-order valence-corrected chi connectivity index (χ0v) is 11.1. The highest BCUT2D eigenvalue weighted by molar-refractivity contribution is 4.94. The number of nitrogens with one attached hydrogen (secondary N) is 1. The summed E-state index contributed by atoms with van der Waals surface area (Å²) in [7, 11) is 0. The van der Waals surface area contributed by atoms with E-state index < -0.39 is 0 Å². The molecule has 0 spiro atoms. The van der Waals surface area contributed by atoms with Crippen molar-refractivity contribution in [2.45, 2.75) is 63.3 Å². The molecule has 2 heteroatoms. The first kappa shape index (κ1) is 12.0. The van der Waals surface area contributed by atoms with Crippen molar-refractivity contribution >= 4 is 0 Å². The van der Waals surface area contributed by atoms with Gasteiger partial charge in [-0.05, 0) is 62.8 Å². The van der Waals surface area contributed by atoms with Gasteiger partial charge >= 0.3 is 0 Å². The molecule has 3 aliphatic carbocycles. The summed E-state index contributed by atoms with van der Waals surface area (Å²) in [4.78, 5) is 0. The molecule has 98 valence electrons. The van der Waals surface area contributed by atoms with E-state index >= 15 is 0 Å². The second-order valence-corrected chi connectivity index (χ2v) is 6.89. The highest BCUT2D eigenvalue weighted by atomic mass is 14.9. The molecule has 0 aliphatic heterocycles. The van der Waals surface area contributed by atoms with Gasteiger partial charge in [0.1, 0.15) is 0 Å². The van der Waals surface area contributed by atoms with Gasteiger partial charge in [-0.2, -0.15) is 0 Å². The topological polar surface area (TPSA) is 38.0 Å².